The minimum absolute atomic E-state index is 0.0702. The van der Waals surface area contributed by atoms with Crippen LogP contribution in [-0.2, 0) is 6.61 Å². The van der Waals surface area contributed by atoms with Crippen LogP contribution >= 0.6 is 0 Å². The Morgan fingerprint density at radius 3 is 2.35 bits per heavy atom. The molecule has 0 radical (unpaired) electrons. The molecule has 1 fully saturated rings. The Balaban J connectivity index is 1.30. The zero-order chi connectivity index (χ0) is 21.5. The van der Waals surface area contributed by atoms with Crippen molar-refractivity contribution in [1.29, 1.82) is 0 Å². The van der Waals surface area contributed by atoms with E-state index in [-0.39, 0.29) is 11.9 Å². The summed E-state index contributed by atoms with van der Waals surface area (Å²) >= 11 is 0. The van der Waals surface area contributed by atoms with Crippen LogP contribution in [0.4, 0.5) is 10.5 Å². The first-order valence-electron chi connectivity index (χ1n) is 10.1. The van der Waals surface area contributed by atoms with Crippen LogP contribution in [0.3, 0.4) is 0 Å². The Labute approximate surface area is 180 Å². The molecule has 158 valence electrons. The Morgan fingerprint density at radius 2 is 1.65 bits per heavy atom. The first kappa shape index (κ1) is 20.3. The van der Waals surface area contributed by atoms with Crippen molar-refractivity contribution in [2.24, 2.45) is 0 Å². The van der Waals surface area contributed by atoms with Gasteiger partial charge < -0.3 is 19.9 Å². The molecule has 1 aliphatic rings. The molecule has 0 saturated carbocycles. The van der Waals surface area contributed by atoms with E-state index in [2.05, 4.69) is 15.3 Å². The third kappa shape index (κ3) is 5.36. The van der Waals surface area contributed by atoms with Gasteiger partial charge in [-0.25, -0.2) is 4.79 Å². The van der Waals surface area contributed by atoms with E-state index in [9.17, 15) is 9.59 Å². The van der Waals surface area contributed by atoms with E-state index >= 15 is 0 Å². The lowest BCUT2D eigenvalue weighted by molar-refractivity contribution is 0.0671. The highest BCUT2D eigenvalue weighted by Crippen LogP contribution is 2.18. The van der Waals surface area contributed by atoms with Crippen molar-refractivity contribution in [3.8, 4) is 5.75 Å². The number of urea groups is 1. The predicted octanol–water partition coefficient (Wildman–Crippen LogP) is 3.05. The molecule has 1 N–H and O–H groups in total. The molecule has 3 heterocycles. The molecule has 1 saturated heterocycles. The molecule has 0 spiro atoms. The summed E-state index contributed by atoms with van der Waals surface area (Å²) in [5.41, 5.74) is 2.17. The Hall–Kier alpha value is -3.94. The average Bonchev–Trinajstić information content (AvgIpc) is 2.84. The van der Waals surface area contributed by atoms with E-state index in [4.69, 9.17) is 4.74 Å². The smallest absolute Gasteiger partial charge is 0.322 e. The van der Waals surface area contributed by atoms with Crippen LogP contribution in [-0.4, -0.2) is 57.9 Å². The summed E-state index contributed by atoms with van der Waals surface area (Å²) in [6, 6.07) is 14.3. The molecule has 1 aromatic carbocycles. The van der Waals surface area contributed by atoms with Gasteiger partial charge in [-0.05, 0) is 36.4 Å². The van der Waals surface area contributed by atoms with Gasteiger partial charge in [-0.15, -0.1) is 0 Å². The maximum atomic E-state index is 12.9. The lowest BCUT2D eigenvalue weighted by Crippen LogP contribution is -2.51. The molecule has 0 atom stereocenters. The summed E-state index contributed by atoms with van der Waals surface area (Å²) in [6.45, 7) is 2.26. The molecule has 3 aromatic rings. The number of nitrogens with zero attached hydrogens (tertiary/aromatic N) is 4. The zero-order valence-corrected chi connectivity index (χ0v) is 17.0. The second-order valence-electron chi connectivity index (χ2n) is 7.13. The van der Waals surface area contributed by atoms with Crippen LogP contribution in [0.2, 0.25) is 0 Å². The normalized spacial score (nSPS) is 13.5. The summed E-state index contributed by atoms with van der Waals surface area (Å²) in [5, 5.41) is 2.82. The number of hydrogen-bond acceptors (Lipinski definition) is 5. The number of pyridine rings is 2. The number of aromatic nitrogens is 2. The highest BCUT2D eigenvalue weighted by molar-refractivity contribution is 5.95. The lowest BCUT2D eigenvalue weighted by atomic mass is 10.1. The van der Waals surface area contributed by atoms with Crippen LogP contribution in [0.25, 0.3) is 0 Å². The topological polar surface area (TPSA) is 87.7 Å². The molecule has 0 aliphatic carbocycles. The van der Waals surface area contributed by atoms with Crippen molar-refractivity contribution in [3.05, 3.63) is 84.4 Å². The van der Waals surface area contributed by atoms with Gasteiger partial charge in [0.25, 0.3) is 5.91 Å². The van der Waals surface area contributed by atoms with Crippen LogP contribution in [0.1, 0.15) is 15.9 Å². The number of nitrogens with one attached hydrogen (secondary N) is 1. The number of carbonyl (C=O) groups is 2. The van der Waals surface area contributed by atoms with Gasteiger partial charge in [-0.1, -0.05) is 12.1 Å². The number of hydrogen-bond donors (Lipinski definition) is 1. The van der Waals surface area contributed by atoms with Crippen molar-refractivity contribution in [2.75, 3.05) is 31.5 Å². The van der Waals surface area contributed by atoms with E-state index in [0.29, 0.717) is 49.8 Å². The van der Waals surface area contributed by atoms with Gasteiger partial charge in [0, 0.05) is 55.9 Å². The number of carbonyl (C=O) groups excluding carboxylic acids is 2. The van der Waals surface area contributed by atoms with Crippen molar-refractivity contribution >= 4 is 17.6 Å². The van der Waals surface area contributed by atoms with Crippen LogP contribution in [0.15, 0.2) is 73.3 Å². The first-order valence-corrected chi connectivity index (χ1v) is 10.1. The summed E-state index contributed by atoms with van der Waals surface area (Å²) < 4.78 is 5.80. The van der Waals surface area contributed by atoms with Gasteiger partial charge in [0.15, 0.2) is 0 Å². The minimum atomic E-state index is -0.189. The monoisotopic (exact) mass is 417 g/mol. The van der Waals surface area contributed by atoms with Crippen LogP contribution in [0, 0.1) is 0 Å². The lowest BCUT2D eigenvalue weighted by Gasteiger charge is -2.34. The summed E-state index contributed by atoms with van der Waals surface area (Å²) in [5.74, 6) is 0.559. The predicted molar refractivity (Wildman–Crippen MR) is 116 cm³/mol. The Bertz CT molecular complexity index is 1020. The van der Waals surface area contributed by atoms with Crippen molar-refractivity contribution in [1.82, 2.24) is 19.8 Å². The molecule has 8 nitrogen and oxygen atoms in total. The van der Waals surface area contributed by atoms with E-state index in [1.165, 1.54) is 0 Å². The van der Waals surface area contributed by atoms with Crippen molar-refractivity contribution in [3.63, 3.8) is 0 Å². The molecular weight excluding hydrogens is 394 g/mol. The first-order chi connectivity index (χ1) is 15.2. The third-order valence-corrected chi connectivity index (χ3v) is 4.98. The fourth-order valence-corrected chi connectivity index (χ4v) is 3.30. The minimum Gasteiger partial charge on any atom is -0.489 e. The standard InChI is InChI=1S/C23H23N5O3/c29-22(19-5-1-7-21(14-19)31-17-18-4-2-8-24-15-18)27-10-12-28(13-11-27)23(30)26-20-6-3-9-25-16-20/h1-9,14-16H,10-13,17H2,(H,26,30). The zero-order valence-electron chi connectivity index (χ0n) is 17.0. The summed E-state index contributed by atoms with van der Waals surface area (Å²) in [6.07, 6.45) is 6.71. The maximum absolute atomic E-state index is 12.9. The molecule has 1 aliphatic heterocycles. The van der Waals surface area contributed by atoms with E-state index in [1.807, 2.05) is 24.3 Å². The van der Waals surface area contributed by atoms with E-state index < -0.39 is 0 Å². The largest absolute Gasteiger partial charge is 0.489 e. The second-order valence-corrected chi connectivity index (χ2v) is 7.13. The van der Waals surface area contributed by atoms with Gasteiger partial charge in [-0.2, -0.15) is 0 Å². The van der Waals surface area contributed by atoms with Gasteiger partial charge in [0.2, 0.25) is 0 Å². The van der Waals surface area contributed by atoms with Gasteiger partial charge in [-0.3, -0.25) is 14.8 Å². The van der Waals surface area contributed by atoms with Crippen molar-refractivity contribution in [2.45, 2.75) is 6.61 Å². The van der Waals surface area contributed by atoms with Crippen molar-refractivity contribution < 1.29 is 14.3 Å². The number of rotatable bonds is 5. The average molecular weight is 417 g/mol. The van der Waals surface area contributed by atoms with Gasteiger partial charge in [0.1, 0.15) is 12.4 Å². The van der Waals surface area contributed by atoms with Gasteiger partial charge >= 0.3 is 6.03 Å². The third-order valence-electron chi connectivity index (χ3n) is 4.98. The Kier molecular flexibility index (Phi) is 6.37. The summed E-state index contributed by atoms with van der Waals surface area (Å²) in [7, 11) is 0. The SMILES string of the molecule is O=C(Nc1cccnc1)N1CCN(C(=O)c2cccc(OCc3cccnc3)c2)CC1. The molecule has 2 aromatic heterocycles. The van der Waals surface area contributed by atoms with Crippen LogP contribution < -0.4 is 10.1 Å². The molecular formula is C23H23N5O3. The van der Waals surface area contributed by atoms with Crippen LogP contribution in [0.5, 0.6) is 5.75 Å². The number of benzene rings is 1. The highest BCUT2D eigenvalue weighted by atomic mass is 16.5. The number of ether oxygens (including phenoxy) is 1. The molecule has 0 bridgehead atoms. The second kappa shape index (κ2) is 9.71. The fraction of sp³-hybridized carbons (Fsp3) is 0.217. The Morgan fingerprint density at radius 1 is 0.903 bits per heavy atom. The molecule has 8 heteroatoms. The fourth-order valence-electron chi connectivity index (χ4n) is 3.30. The molecule has 3 amide bonds. The molecule has 31 heavy (non-hydrogen) atoms. The number of amides is 3. The van der Waals surface area contributed by atoms with Gasteiger partial charge in [0.05, 0.1) is 11.9 Å². The number of piperazine rings is 1. The molecule has 0 unspecified atom stereocenters. The maximum Gasteiger partial charge on any atom is 0.322 e. The number of anilines is 1. The quantitative estimate of drug-likeness (QED) is 0.689. The van der Waals surface area contributed by atoms with E-state index in [1.54, 1.807) is 58.9 Å². The highest BCUT2D eigenvalue weighted by Gasteiger charge is 2.25. The van der Waals surface area contributed by atoms with E-state index in [0.717, 1.165) is 5.56 Å². The summed E-state index contributed by atoms with van der Waals surface area (Å²) in [4.78, 5) is 36.9. The molecule has 4 rings (SSSR count).